The molecule has 0 aliphatic rings. The summed E-state index contributed by atoms with van der Waals surface area (Å²) in [7, 11) is 0. The Bertz CT molecular complexity index is 81.1. The second-order valence-electron chi connectivity index (χ2n) is 3.79. The molecule has 1 heteroatoms. The quantitative estimate of drug-likeness (QED) is 0.553. The SMILES string of the molecule is CCCCNCCC(C)CCC. The average Bonchev–Trinajstić information content (AvgIpc) is 2.05. The molecule has 0 saturated heterocycles. The third kappa shape index (κ3) is 8.06. The van der Waals surface area contributed by atoms with E-state index in [1.54, 1.807) is 0 Å². The Morgan fingerprint density at radius 1 is 1.00 bits per heavy atom. The molecule has 0 fully saturated rings. The van der Waals surface area contributed by atoms with E-state index in [0.29, 0.717) is 0 Å². The fourth-order valence-corrected chi connectivity index (χ4v) is 1.41. The van der Waals surface area contributed by atoms with E-state index < -0.39 is 0 Å². The van der Waals surface area contributed by atoms with Crippen LogP contribution in [0.2, 0.25) is 0 Å². The van der Waals surface area contributed by atoms with Crippen LogP contribution in [0, 0.1) is 5.92 Å². The van der Waals surface area contributed by atoms with Crippen molar-refractivity contribution in [3.8, 4) is 0 Å². The predicted octanol–water partition coefficient (Wildman–Crippen LogP) is 3.20. The van der Waals surface area contributed by atoms with Gasteiger partial charge in [-0.3, -0.25) is 0 Å². The van der Waals surface area contributed by atoms with Crippen molar-refractivity contribution in [2.24, 2.45) is 5.92 Å². The Hall–Kier alpha value is -0.0400. The summed E-state index contributed by atoms with van der Waals surface area (Å²) in [6.07, 6.45) is 6.68. The second kappa shape index (κ2) is 9.05. The lowest BCUT2D eigenvalue weighted by Crippen LogP contribution is -2.18. The van der Waals surface area contributed by atoms with Crippen LogP contribution in [-0.4, -0.2) is 13.1 Å². The minimum atomic E-state index is 0.907. The summed E-state index contributed by atoms with van der Waals surface area (Å²) in [6, 6.07) is 0. The summed E-state index contributed by atoms with van der Waals surface area (Å²) in [5.41, 5.74) is 0. The zero-order valence-corrected chi connectivity index (χ0v) is 9.03. The van der Waals surface area contributed by atoms with Gasteiger partial charge >= 0.3 is 0 Å². The largest absolute Gasteiger partial charge is 0.317 e. The van der Waals surface area contributed by atoms with Gasteiger partial charge in [0.2, 0.25) is 0 Å². The van der Waals surface area contributed by atoms with Crippen LogP contribution in [-0.2, 0) is 0 Å². The Morgan fingerprint density at radius 2 is 1.75 bits per heavy atom. The molecule has 0 bridgehead atoms. The van der Waals surface area contributed by atoms with Crippen molar-refractivity contribution in [3.63, 3.8) is 0 Å². The van der Waals surface area contributed by atoms with Crippen LogP contribution >= 0.6 is 0 Å². The highest BCUT2D eigenvalue weighted by Gasteiger charge is 1.98. The molecule has 1 nitrogen and oxygen atoms in total. The van der Waals surface area contributed by atoms with E-state index in [1.165, 1.54) is 45.2 Å². The van der Waals surface area contributed by atoms with Crippen molar-refractivity contribution in [2.75, 3.05) is 13.1 Å². The summed E-state index contributed by atoms with van der Waals surface area (Å²) in [5.74, 6) is 0.907. The molecule has 0 heterocycles. The average molecular weight is 171 g/mol. The monoisotopic (exact) mass is 171 g/mol. The normalized spacial score (nSPS) is 13.2. The maximum absolute atomic E-state index is 3.48. The molecule has 74 valence electrons. The van der Waals surface area contributed by atoms with Crippen LogP contribution in [0.4, 0.5) is 0 Å². The zero-order chi connectivity index (χ0) is 9.23. The van der Waals surface area contributed by atoms with Gasteiger partial charge in [-0.25, -0.2) is 0 Å². The Balaban J connectivity index is 2.97. The third-order valence-corrected chi connectivity index (χ3v) is 2.30. The maximum atomic E-state index is 3.48. The fourth-order valence-electron chi connectivity index (χ4n) is 1.41. The number of hydrogen-bond acceptors (Lipinski definition) is 1. The van der Waals surface area contributed by atoms with Crippen molar-refractivity contribution in [1.82, 2.24) is 5.32 Å². The molecule has 0 amide bonds. The molecule has 0 radical (unpaired) electrons. The molecular formula is C11H25N. The first-order chi connectivity index (χ1) is 5.81. The zero-order valence-electron chi connectivity index (χ0n) is 9.03. The number of rotatable bonds is 8. The van der Waals surface area contributed by atoms with E-state index in [4.69, 9.17) is 0 Å². The first-order valence-corrected chi connectivity index (χ1v) is 5.52. The minimum absolute atomic E-state index is 0.907. The van der Waals surface area contributed by atoms with E-state index in [-0.39, 0.29) is 0 Å². The Kier molecular flexibility index (Phi) is 9.02. The summed E-state index contributed by atoms with van der Waals surface area (Å²) in [6.45, 7) is 9.27. The first-order valence-electron chi connectivity index (χ1n) is 5.52. The van der Waals surface area contributed by atoms with Crippen molar-refractivity contribution >= 4 is 0 Å². The number of unbranched alkanes of at least 4 members (excludes halogenated alkanes) is 1. The van der Waals surface area contributed by atoms with Crippen molar-refractivity contribution in [2.45, 2.75) is 52.9 Å². The lowest BCUT2D eigenvalue weighted by molar-refractivity contribution is 0.463. The highest BCUT2D eigenvalue weighted by molar-refractivity contribution is 4.55. The standard InChI is InChI=1S/C11H25N/c1-4-6-9-12-10-8-11(3)7-5-2/h11-12H,4-10H2,1-3H3. The Morgan fingerprint density at radius 3 is 2.33 bits per heavy atom. The van der Waals surface area contributed by atoms with Gasteiger partial charge in [-0.15, -0.1) is 0 Å². The molecule has 0 spiro atoms. The van der Waals surface area contributed by atoms with E-state index >= 15 is 0 Å². The maximum Gasteiger partial charge on any atom is -0.00464 e. The Labute approximate surface area is 77.9 Å². The van der Waals surface area contributed by atoms with E-state index in [9.17, 15) is 0 Å². The van der Waals surface area contributed by atoms with Crippen LogP contribution in [0.5, 0.6) is 0 Å². The van der Waals surface area contributed by atoms with Gasteiger partial charge in [-0.1, -0.05) is 40.0 Å². The van der Waals surface area contributed by atoms with Crippen LogP contribution in [0.1, 0.15) is 52.9 Å². The van der Waals surface area contributed by atoms with Gasteiger partial charge in [0.05, 0.1) is 0 Å². The van der Waals surface area contributed by atoms with Gasteiger partial charge < -0.3 is 5.32 Å². The molecular weight excluding hydrogens is 146 g/mol. The topological polar surface area (TPSA) is 12.0 Å². The molecule has 12 heavy (non-hydrogen) atoms. The van der Waals surface area contributed by atoms with Gasteiger partial charge in [0, 0.05) is 0 Å². The molecule has 0 aromatic carbocycles. The minimum Gasteiger partial charge on any atom is -0.317 e. The molecule has 0 aliphatic heterocycles. The van der Waals surface area contributed by atoms with E-state index in [1.807, 2.05) is 0 Å². The smallest absolute Gasteiger partial charge is 0.00464 e. The highest BCUT2D eigenvalue weighted by atomic mass is 14.8. The molecule has 0 saturated carbocycles. The molecule has 0 aromatic rings. The van der Waals surface area contributed by atoms with E-state index in [0.717, 1.165) is 5.92 Å². The van der Waals surface area contributed by atoms with Gasteiger partial charge in [0.1, 0.15) is 0 Å². The highest BCUT2D eigenvalue weighted by Crippen LogP contribution is 2.08. The lowest BCUT2D eigenvalue weighted by atomic mass is 10.0. The van der Waals surface area contributed by atoms with Crippen LogP contribution in [0.3, 0.4) is 0 Å². The molecule has 1 N–H and O–H groups in total. The molecule has 0 aromatic heterocycles. The number of nitrogens with one attached hydrogen (secondary N) is 1. The van der Waals surface area contributed by atoms with Gasteiger partial charge in [0.15, 0.2) is 0 Å². The molecule has 1 atom stereocenters. The van der Waals surface area contributed by atoms with Crippen molar-refractivity contribution < 1.29 is 0 Å². The molecule has 0 aliphatic carbocycles. The second-order valence-corrected chi connectivity index (χ2v) is 3.79. The van der Waals surface area contributed by atoms with E-state index in [2.05, 4.69) is 26.1 Å². The predicted molar refractivity (Wildman–Crippen MR) is 56.5 cm³/mol. The van der Waals surface area contributed by atoms with Gasteiger partial charge in [-0.2, -0.15) is 0 Å². The summed E-state index contributed by atoms with van der Waals surface area (Å²) >= 11 is 0. The number of hydrogen-bond donors (Lipinski definition) is 1. The van der Waals surface area contributed by atoms with Crippen LogP contribution < -0.4 is 5.32 Å². The fraction of sp³-hybridized carbons (Fsp3) is 1.00. The van der Waals surface area contributed by atoms with Gasteiger partial charge in [0.25, 0.3) is 0 Å². The molecule has 0 rings (SSSR count). The van der Waals surface area contributed by atoms with Crippen LogP contribution in [0.25, 0.3) is 0 Å². The molecule has 1 unspecified atom stereocenters. The van der Waals surface area contributed by atoms with Crippen molar-refractivity contribution in [1.29, 1.82) is 0 Å². The van der Waals surface area contributed by atoms with Crippen molar-refractivity contribution in [3.05, 3.63) is 0 Å². The third-order valence-electron chi connectivity index (χ3n) is 2.30. The summed E-state index contributed by atoms with van der Waals surface area (Å²) in [4.78, 5) is 0. The van der Waals surface area contributed by atoms with Crippen LogP contribution in [0.15, 0.2) is 0 Å². The summed E-state index contributed by atoms with van der Waals surface area (Å²) in [5, 5.41) is 3.48. The first kappa shape index (κ1) is 12.0. The lowest BCUT2D eigenvalue weighted by Gasteiger charge is -2.09. The van der Waals surface area contributed by atoms with Gasteiger partial charge in [-0.05, 0) is 31.8 Å². The summed E-state index contributed by atoms with van der Waals surface area (Å²) < 4.78 is 0.